The summed E-state index contributed by atoms with van der Waals surface area (Å²) in [7, 11) is 0. The van der Waals surface area contributed by atoms with Crippen LogP contribution in [0, 0.1) is 11.8 Å². The molecular weight excluding hydrogens is 108 g/mol. The van der Waals surface area contributed by atoms with Crippen molar-refractivity contribution in [2.75, 3.05) is 0 Å². The zero-order valence-electron chi connectivity index (χ0n) is 6.48. The van der Waals surface area contributed by atoms with E-state index in [1.54, 1.807) is 0 Å². The molecule has 0 unspecified atom stereocenters. The van der Waals surface area contributed by atoms with Crippen LogP contribution in [-0.2, 0) is 0 Å². The molecule has 0 nitrogen and oxygen atoms in total. The van der Waals surface area contributed by atoms with Gasteiger partial charge in [-0.1, -0.05) is 31.9 Å². The van der Waals surface area contributed by atoms with Crippen molar-refractivity contribution in [1.29, 1.82) is 0 Å². The summed E-state index contributed by atoms with van der Waals surface area (Å²) in [6, 6.07) is 0. The van der Waals surface area contributed by atoms with Crippen molar-refractivity contribution in [3.05, 3.63) is 12.2 Å². The van der Waals surface area contributed by atoms with E-state index in [9.17, 15) is 0 Å². The molecule has 1 saturated carbocycles. The maximum absolute atomic E-state index is 3.99. The second-order valence-corrected chi connectivity index (χ2v) is 3.36. The molecule has 0 aliphatic heterocycles. The van der Waals surface area contributed by atoms with Gasteiger partial charge in [-0.2, -0.15) is 0 Å². The van der Waals surface area contributed by atoms with Crippen LogP contribution in [0.5, 0.6) is 0 Å². The van der Waals surface area contributed by atoms with Crippen molar-refractivity contribution in [1.82, 2.24) is 0 Å². The smallest absolute Gasteiger partial charge is 0.0183 e. The molecule has 0 spiro atoms. The van der Waals surface area contributed by atoms with Crippen LogP contribution >= 0.6 is 0 Å². The van der Waals surface area contributed by atoms with Crippen LogP contribution in [0.4, 0.5) is 0 Å². The quantitative estimate of drug-likeness (QED) is 0.471. The van der Waals surface area contributed by atoms with Gasteiger partial charge < -0.3 is 0 Å². The Hall–Kier alpha value is -0.260. The molecule has 1 fully saturated rings. The Morgan fingerprint density at radius 2 is 2.11 bits per heavy atom. The molecule has 1 aliphatic rings. The summed E-state index contributed by atoms with van der Waals surface area (Å²) < 4.78 is 0. The van der Waals surface area contributed by atoms with Gasteiger partial charge in [0.15, 0.2) is 0 Å². The maximum atomic E-state index is 3.99. The molecule has 9 heavy (non-hydrogen) atoms. The fraction of sp³-hybridized carbons (Fsp3) is 0.778. The highest BCUT2D eigenvalue weighted by Crippen LogP contribution is 2.35. The largest absolute Gasteiger partial charge is 0.0999 e. The van der Waals surface area contributed by atoms with Gasteiger partial charge in [0.05, 0.1) is 0 Å². The number of allylic oxidation sites excluding steroid dienone is 1. The Kier molecular flexibility index (Phi) is 1.94. The summed E-state index contributed by atoms with van der Waals surface area (Å²) >= 11 is 0. The van der Waals surface area contributed by atoms with E-state index in [1.165, 1.54) is 24.8 Å². The Balaban J connectivity index is 2.49. The lowest BCUT2D eigenvalue weighted by atomic mass is 9.92. The lowest BCUT2D eigenvalue weighted by Crippen LogP contribution is -2.03. The van der Waals surface area contributed by atoms with Gasteiger partial charge in [0.25, 0.3) is 0 Å². The molecule has 0 N–H and O–H groups in total. The number of hydrogen-bond acceptors (Lipinski definition) is 0. The van der Waals surface area contributed by atoms with E-state index in [1.807, 2.05) is 0 Å². The Morgan fingerprint density at radius 3 is 2.33 bits per heavy atom. The molecule has 0 saturated heterocycles. The second-order valence-electron chi connectivity index (χ2n) is 3.36. The first-order valence-electron chi connectivity index (χ1n) is 3.87. The van der Waals surface area contributed by atoms with Gasteiger partial charge in [-0.15, -0.1) is 0 Å². The van der Waals surface area contributed by atoms with Crippen molar-refractivity contribution >= 4 is 0 Å². The lowest BCUT2D eigenvalue weighted by molar-refractivity contribution is 0.481. The highest BCUT2D eigenvalue weighted by atomic mass is 14.3. The predicted octanol–water partition coefficient (Wildman–Crippen LogP) is 3.00. The summed E-state index contributed by atoms with van der Waals surface area (Å²) in [5.74, 6) is 1.74. The first kappa shape index (κ1) is 6.85. The van der Waals surface area contributed by atoms with Crippen LogP contribution in [0.2, 0.25) is 0 Å². The molecular formula is C9H16. The van der Waals surface area contributed by atoms with E-state index < -0.39 is 0 Å². The third-order valence-corrected chi connectivity index (χ3v) is 2.49. The fourth-order valence-corrected chi connectivity index (χ4v) is 1.88. The fourth-order valence-electron chi connectivity index (χ4n) is 1.88. The van der Waals surface area contributed by atoms with Gasteiger partial charge in [0.2, 0.25) is 0 Å². The van der Waals surface area contributed by atoms with Crippen LogP contribution in [0.25, 0.3) is 0 Å². The minimum atomic E-state index is 0.838. The minimum Gasteiger partial charge on any atom is -0.0999 e. The highest BCUT2D eigenvalue weighted by Gasteiger charge is 2.22. The Morgan fingerprint density at radius 1 is 1.44 bits per heavy atom. The van der Waals surface area contributed by atoms with Crippen LogP contribution < -0.4 is 0 Å². The summed E-state index contributed by atoms with van der Waals surface area (Å²) in [5, 5.41) is 0. The monoisotopic (exact) mass is 124 g/mol. The molecule has 0 heteroatoms. The van der Waals surface area contributed by atoms with Gasteiger partial charge >= 0.3 is 0 Å². The standard InChI is InChI=1S/C9H16/c1-7(2)9-6-4-5-8(9)3/h8-9H,1,4-6H2,2-3H3/t8-,9+/m0/s1. The molecule has 1 rings (SSSR count). The molecule has 0 aromatic rings. The normalized spacial score (nSPS) is 34.9. The van der Waals surface area contributed by atoms with Gasteiger partial charge in [-0.05, 0) is 25.2 Å². The van der Waals surface area contributed by atoms with Crippen molar-refractivity contribution in [3.8, 4) is 0 Å². The van der Waals surface area contributed by atoms with Crippen LogP contribution in [0.3, 0.4) is 0 Å². The second kappa shape index (κ2) is 2.55. The van der Waals surface area contributed by atoms with E-state index in [2.05, 4.69) is 20.4 Å². The molecule has 0 amide bonds. The van der Waals surface area contributed by atoms with E-state index in [0.29, 0.717) is 0 Å². The Bertz CT molecular complexity index is 113. The van der Waals surface area contributed by atoms with Crippen LogP contribution in [0.15, 0.2) is 12.2 Å². The average Bonchev–Trinajstić information content (AvgIpc) is 2.13. The van der Waals surface area contributed by atoms with Crippen LogP contribution in [0.1, 0.15) is 33.1 Å². The van der Waals surface area contributed by atoms with Gasteiger partial charge in [0.1, 0.15) is 0 Å². The molecule has 0 radical (unpaired) electrons. The topological polar surface area (TPSA) is 0 Å². The first-order valence-corrected chi connectivity index (χ1v) is 3.87. The highest BCUT2D eigenvalue weighted by molar-refractivity contribution is 5.00. The zero-order valence-corrected chi connectivity index (χ0v) is 6.48. The van der Waals surface area contributed by atoms with E-state index in [0.717, 1.165) is 11.8 Å². The minimum absolute atomic E-state index is 0.838. The maximum Gasteiger partial charge on any atom is -0.0183 e. The average molecular weight is 124 g/mol. The molecule has 1 aliphatic carbocycles. The van der Waals surface area contributed by atoms with E-state index in [-0.39, 0.29) is 0 Å². The summed E-state index contributed by atoms with van der Waals surface area (Å²) in [4.78, 5) is 0. The third-order valence-electron chi connectivity index (χ3n) is 2.49. The lowest BCUT2D eigenvalue weighted by Gasteiger charge is -2.13. The Labute approximate surface area is 58.0 Å². The first-order chi connectivity index (χ1) is 4.22. The van der Waals surface area contributed by atoms with Crippen molar-refractivity contribution in [2.24, 2.45) is 11.8 Å². The van der Waals surface area contributed by atoms with Gasteiger partial charge in [-0.3, -0.25) is 0 Å². The summed E-state index contributed by atoms with van der Waals surface area (Å²) in [6.07, 6.45) is 4.22. The molecule has 0 bridgehead atoms. The summed E-state index contributed by atoms with van der Waals surface area (Å²) in [6.45, 7) is 8.49. The number of hydrogen-bond donors (Lipinski definition) is 0. The molecule has 0 heterocycles. The van der Waals surface area contributed by atoms with Crippen molar-refractivity contribution in [3.63, 3.8) is 0 Å². The van der Waals surface area contributed by atoms with Crippen LogP contribution in [-0.4, -0.2) is 0 Å². The summed E-state index contributed by atoms with van der Waals surface area (Å²) in [5.41, 5.74) is 1.39. The SMILES string of the molecule is C=C(C)[C@H]1CCC[C@@H]1C. The molecule has 52 valence electrons. The molecule has 0 aromatic heterocycles. The number of rotatable bonds is 1. The molecule has 0 aromatic carbocycles. The third kappa shape index (κ3) is 1.35. The van der Waals surface area contributed by atoms with E-state index >= 15 is 0 Å². The van der Waals surface area contributed by atoms with Gasteiger partial charge in [-0.25, -0.2) is 0 Å². The van der Waals surface area contributed by atoms with Crippen molar-refractivity contribution < 1.29 is 0 Å². The van der Waals surface area contributed by atoms with Gasteiger partial charge in [0, 0.05) is 0 Å². The van der Waals surface area contributed by atoms with Crippen molar-refractivity contribution in [2.45, 2.75) is 33.1 Å². The predicted molar refractivity (Wildman–Crippen MR) is 41.3 cm³/mol. The zero-order chi connectivity index (χ0) is 6.85. The van der Waals surface area contributed by atoms with E-state index in [4.69, 9.17) is 0 Å². The molecule has 2 atom stereocenters.